The molecule has 3 heteroatoms. The molecule has 0 nitrogen and oxygen atoms in total. The summed E-state index contributed by atoms with van der Waals surface area (Å²) in [6.45, 7) is 4.38. The van der Waals surface area contributed by atoms with Crippen molar-refractivity contribution in [1.82, 2.24) is 0 Å². The Labute approximate surface area is 87.5 Å². The van der Waals surface area contributed by atoms with Gasteiger partial charge in [-0.25, -0.2) is 0 Å². The van der Waals surface area contributed by atoms with Crippen LogP contribution in [0.3, 0.4) is 0 Å². The van der Waals surface area contributed by atoms with E-state index in [9.17, 15) is 0 Å². The van der Waals surface area contributed by atoms with Crippen molar-refractivity contribution < 1.29 is 0 Å². The van der Waals surface area contributed by atoms with Crippen LogP contribution < -0.4 is 0 Å². The molecule has 68 valence electrons. The molecule has 0 amide bonds. The largest absolute Gasteiger partial charge is 0.128 e. The molecule has 0 aromatic carbocycles. The highest BCUT2D eigenvalue weighted by molar-refractivity contribution is 7.16. The molecule has 0 aliphatic rings. The SMILES string of the molecule is CC(C)(CCCl)c1ccc(Cl)s1. The Morgan fingerprint density at radius 3 is 2.50 bits per heavy atom. The highest BCUT2D eigenvalue weighted by Crippen LogP contribution is 2.34. The second kappa shape index (κ2) is 3.99. The van der Waals surface area contributed by atoms with Gasteiger partial charge in [-0.2, -0.15) is 0 Å². The third-order valence-electron chi connectivity index (χ3n) is 1.96. The molecular formula is C9H12Cl2S. The molecule has 0 fully saturated rings. The van der Waals surface area contributed by atoms with Gasteiger partial charge in [0.25, 0.3) is 0 Å². The number of halogens is 2. The molecule has 0 aliphatic carbocycles. The molecule has 0 atom stereocenters. The molecule has 1 aromatic rings. The van der Waals surface area contributed by atoms with Gasteiger partial charge >= 0.3 is 0 Å². The third-order valence-corrected chi connectivity index (χ3v) is 3.75. The van der Waals surface area contributed by atoms with Gasteiger partial charge < -0.3 is 0 Å². The summed E-state index contributed by atoms with van der Waals surface area (Å²) < 4.78 is 0.854. The molecule has 0 aliphatic heterocycles. The van der Waals surface area contributed by atoms with Crippen molar-refractivity contribution in [3.05, 3.63) is 21.3 Å². The van der Waals surface area contributed by atoms with Crippen LogP contribution >= 0.6 is 34.5 Å². The molecule has 1 heterocycles. The van der Waals surface area contributed by atoms with Crippen molar-refractivity contribution in [2.45, 2.75) is 25.7 Å². The first kappa shape index (κ1) is 10.4. The van der Waals surface area contributed by atoms with E-state index in [-0.39, 0.29) is 5.41 Å². The average Bonchev–Trinajstić information content (AvgIpc) is 2.36. The van der Waals surface area contributed by atoms with E-state index in [1.165, 1.54) is 4.88 Å². The first-order valence-corrected chi connectivity index (χ1v) is 5.61. The van der Waals surface area contributed by atoms with Crippen molar-refractivity contribution >= 4 is 34.5 Å². The average molecular weight is 223 g/mol. The minimum Gasteiger partial charge on any atom is -0.128 e. The predicted octanol–water partition coefficient (Wildman–Crippen LogP) is 4.31. The lowest BCUT2D eigenvalue weighted by Gasteiger charge is -2.21. The second-order valence-electron chi connectivity index (χ2n) is 3.43. The summed E-state index contributed by atoms with van der Waals surface area (Å²) in [5.74, 6) is 0.697. The summed E-state index contributed by atoms with van der Waals surface area (Å²) in [7, 11) is 0. The van der Waals surface area contributed by atoms with Crippen molar-refractivity contribution in [2.75, 3.05) is 5.88 Å². The standard InChI is InChI=1S/C9H12Cl2S/c1-9(2,5-6-10)7-3-4-8(11)12-7/h3-4H,5-6H2,1-2H3. The normalized spacial score (nSPS) is 12.0. The molecule has 1 rings (SSSR count). The van der Waals surface area contributed by atoms with Crippen LogP contribution in [0.2, 0.25) is 4.34 Å². The minimum atomic E-state index is 0.166. The predicted molar refractivity (Wildman–Crippen MR) is 57.7 cm³/mol. The minimum absolute atomic E-state index is 0.166. The zero-order chi connectivity index (χ0) is 9.19. The van der Waals surface area contributed by atoms with Gasteiger partial charge in [0.05, 0.1) is 4.34 Å². The van der Waals surface area contributed by atoms with Crippen LogP contribution in [0.4, 0.5) is 0 Å². The first-order chi connectivity index (χ1) is 5.56. The Hall–Kier alpha value is 0.280. The summed E-state index contributed by atoms with van der Waals surface area (Å²) in [4.78, 5) is 1.31. The maximum absolute atomic E-state index is 5.85. The molecule has 0 saturated carbocycles. The summed E-state index contributed by atoms with van der Waals surface area (Å²) >= 11 is 13.2. The Balaban J connectivity index is 2.81. The lowest BCUT2D eigenvalue weighted by Crippen LogP contribution is -2.15. The fourth-order valence-corrected chi connectivity index (χ4v) is 2.68. The Morgan fingerprint density at radius 2 is 2.08 bits per heavy atom. The van der Waals surface area contributed by atoms with Crippen LogP contribution in [0.1, 0.15) is 25.1 Å². The molecular weight excluding hydrogens is 211 g/mol. The summed E-state index contributed by atoms with van der Waals surface area (Å²) in [6.07, 6.45) is 0.991. The molecule has 1 aromatic heterocycles. The van der Waals surface area contributed by atoms with Crippen LogP contribution in [-0.4, -0.2) is 5.88 Å². The van der Waals surface area contributed by atoms with Crippen LogP contribution in [0, 0.1) is 0 Å². The Kier molecular flexibility index (Phi) is 3.45. The van der Waals surface area contributed by atoms with Crippen molar-refractivity contribution in [3.8, 4) is 0 Å². The zero-order valence-corrected chi connectivity index (χ0v) is 9.56. The highest BCUT2D eigenvalue weighted by Gasteiger charge is 2.21. The monoisotopic (exact) mass is 222 g/mol. The van der Waals surface area contributed by atoms with Gasteiger partial charge in [0.15, 0.2) is 0 Å². The molecule has 0 bridgehead atoms. The number of thiophene rings is 1. The summed E-state index contributed by atoms with van der Waals surface area (Å²) in [5.41, 5.74) is 0.166. The molecule has 0 unspecified atom stereocenters. The maximum Gasteiger partial charge on any atom is 0.0931 e. The van der Waals surface area contributed by atoms with E-state index in [0.29, 0.717) is 5.88 Å². The van der Waals surface area contributed by atoms with Gasteiger partial charge in [0.1, 0.15) is 0 Å². The fraction of sp³-hybridized carbons (Fsp3) is 0.556. The first-order valence-electron chi connectivity index (χ1n) is 3.88. The van der Waals surface area contributed by atoms with Crippen molar-refractivity contribution in [1.29, 1.82) is 0 Å². The van der Waals surface area contributed by atoms with E-state index in [1.807, 2.05) is 6.07 Å². The number of hydrogen-bond donors (Lipinski definition) is 0. The summed E-state index contributed by atoms with van der Waals surface area (Å²) in [5, 5.41) is 0. The molecule has 0 radical (unpaired) electrons. The van der Waals surface area contributed by atoms with Crippen LogP contribution in [0.5, 0.6) is 0 Å². The maximum atomic E-state index is 5.85. The quantitative estimate of drug-likeness (QED) is 0.670. The molecule has 12 heavy (non-hydrogen) atoms. The highest BCUT2D eigenvalue weighted by atomic mass is 35.5. The zero-order valence-electron chi connectivity index (χ0n) is 7.23. The Morgan fingerprint density at radius 1 is 1.42 bits per heavy atom. The lowest BCUT2D eigenvalue weighted by molar-refractivity contribution is 0.520. The fourth-order valence-electron chi connectivity index (χ4n) is 1.04. The summed E-state index contributed by atoms with van der Waals surface area (Å²) in [6, 6.07) is 4.02. The van der Waals surface area contributed by atoms with Gasteiger partial charge in [-0.05, 0) is 18.6 Å². The molecule has 0 spiro atoms. The van der Waals surface area contributed by atoms with E-state index in [0.717, 1.165) is 10.8 Å². The smallest absolute Gasteiger partial charge is 0.0931 e. The van der Waals surface area contributed by atoms with E-state index in [2.05, 4.69) is 19.9 Å². The lowest BCUT2D eigenvalue weighted by atomic mass is 9.89. The Bertz CT molecular complexity index is 253. The number of hydrogen-bond acceptors (Lipinski definition) is 1. The van der Waals surface area contributed by atoms with Gasteiger partial charge in [0.2, 0.25) is 0 Å². The molecule has 0 saturated heterocycles. The van der Waals surface area contributed by atoms with E-state index >= 15 is 0 Å². The van der Waals surface area contributed by atoms with Crippen molar-refractivity contribution in [2.24, 2.45) is 0 Å². The van der Waals surface area contributed by atoms with E-state index in [4.69, 9.17) is 23.2 Å². The van der Waals surface area contributed by atoms with E-state index < -0.39 is 0 Å². The van der Waals surface area contributed by atoms with Gasteiger partial charge in [-0.3, -0.25) is 0 Å². The second-order valence-corrected chi connectivity index (χ2v) is 5.52. The van der Waals surface area contributed by atoms with Crippen molar-refractivity contribution in [3.63, 3.8) is 0 Å². The van der Waals surface area contributed by atoms with Crippen LogP contribution in [-0.2, 0) is 5.41 Å². The number of rotatable bonds is 3. The van der Waals surface area contributed by atoms with E-state index in [1.54, 1.807) is 11.3 Å². The van der Waals surface area contributed by atoms with Crippen LogP contribution in [0.15, 0.2) is 12.1 Å². The van der Waals surface area contributed by atoms with Gasteiger partial charge in [-0.15, -0.1) is 22.9 Å². The number of alkyl halides is 1. The van der Waals surface area contributed by atoms with Crippen LogP contribution in [0.25, 0.3) is 0 Å². The van der Waals surface area contributed by atoms with Gasteiger partial charge in [0, 0.05) is 16.2 Å². The molecule has 0 N–H and O–H groups in total. The van der Waals surface area contributed by atoms with Gasteiger partial charge in [-0.1, -0.05) is 25.4 Å². The topological polar surface area (TPSA) is 0 Å². The third kappa shape index (κ3) is 2.38.